The summed E-state index contributed by atoms with van der Waals surface area (Å²) >= 11 is 5.97. The molecule has 7 nitrogen and oxygen atoms in total. The van der Waals surface area contributed by atoms with Crippen molar-refractivity contribution >= 4 is 41.0 Å². The number of carbonyl (C=O) groups is 4. The third-order valence-corrected chi connectivity index (χ3v) is 6.51. The molecule has 148 valence electrons. The van der Waals surface area contributed by atoms with Crippen LogP contribution in [0.1, 0.15) is 26.2 Å². The predicted molar refractivity (Wildman–Crippen MR) is 100 cm³/mol. The van der Waals surface area contributed by atoms with Crippen LogP contribution in [0.2, 0.25) is 5.02 Å². The molecule has 8 heteroatoms. The molecule has 3 amide bonds. The Morgan fingerprint density at radius 1 is 1.18 bits per heavy atom. The smallest absolute Gasteiger partial charge is 0.329 e. The summed E-state index contributed by atoms with van der Waals surface area (Å²) in [5.41, 5.74) is 0.409. The summed E-state index contributed by atoms with van der Waals surface area (Å²) in [5.74, 6) is -1.94. The molecule has 1 heterocycles. The number of rotatable bonds is 5. The number of benzene rings is 1. The van der Waals surface area contributed by atoms with Crippen LogP contribution >= 0.6 is 11.6 Å². The minimum Gasteiger partial charge on any atom is -0.454 e. The van der Waals surface area contributed by atoms with Crippen molar-refractivity contribution in [2.45, 2.75) is 32.2 Å². The zero-order chi connectivity index (χ0) is 20.0. The number of imide groups is 1. The lowest BCUT2D eigenvalue weighted by molar-refractivity contribution is -0.159. The highest BCUT2D eigenvalue weighted by atomic mass is 35.5. The molecule has 1 N–H and O–H groups in total. The van der Waals surface area contributed by atoms with Gasteiger partial charge in [-0.15, -0.1) is 0 Å². The lowest BCUT2D eigenvalue weighted by Gasteiger charge is -2.23. The zero-order valence-electron chi connectivity index (χ0n) is 15.4. The van der Waals surface area contributed by atoms with Crippen LogP contribution in [0.15, 0.2) is 24.3 Å². The van der Waals surface area contributed by atoms with Crippen LogP contribution in [0.5, 0.6) is 0 Å². The lowest BCUT2D eigenvalue weighted by Crippen LogP contribution is -2.45. The first-order chi connectivity index (χ1) is 13.4. The first kappa shape index (κ1) is 18.9. The van der Waals surface area contributed by atoms with Crippen LogP contribution in [0.4, 0.5) is 5.69 Å². The van der Waals surface area contributed by atoms with Gasteiger partial charge in [-0.05, 0) is 50.2 Å². The van der Waals surface area contributed by atoms with Crippen molar-refractivity contribution in [1.29, 1.82) is 0 Å². The summed E-state index contributed by atoms with van der Waals surface area (Å²) in [7, 11) is 0. The molecule has 5 atom stereocenters. The second kappa shape index (κ2) is 7.20. The molecule has 2 aliphatic carbocycles. The lowest BCUT2D eigenvalue weighted by atomic mass is 9.81. The summed E-state index contributed by atoms with van der Waals surface area (Å²) in [5, 5.41) is 2.91. The number of para-hydroxylation sites is 1. The number of halogens is 1. The number of nitrogens with one attached hydrogen (secondary N) is 1. The third kappa shape index (κ3) is 3.07. The fourth-order valence-corrected chi connectivity index (χ4v) is 5.11. The second-order valence-corrected chi connectivity index (χ2v) is 8.15. The molecule has 0 spiro atoms. The van der Waals surface area contributed by atoms with Crippen LogP contribution in [-0.4, -0.2) is 41.2 Å². The van der Waals surface area contributed by atoms with E-state index in [-0.39, 0.29) is 35.5 Å². The monoisotopic (exact) mass is 404 g/mol. The summed E-state index contributed by atoms with van der Waals surface area (Å²) in [6, 6.07) is 5.65. The molecular formula is C20H21ClN2O5. The molecule has 1 saturated heterocycles. The second-order valence-electron chi connectivity index (χ2n) is 7.74. The maximum Gasteiger partial charge on any atom is 0.329 e. The van der Waals surface area contributed by atoms with Gasteiger partial charge in [-0.2, -0.15) is 0 Å². The summed E-state index contributed by atoms with van der Waals surface area (Å²) in [6.45, 7) is 0.940. The Bertz CT molecular complexity index is 829. The van der Waals surface area contributed by atoms with Crippen molar-refractivity contribution in [1.82, 2.24) is 4.90 Å². The minimum absolute atomic E-state index is 0.251. The fraction of sp³-hybridized carbons (Fsp3) is 0.500. The molecule has 1 aromatic carbocycles. The SMILES string of the molecule is C[C@H](C(=O)OCC(=O)Nc1ccccc1Cl)N1C(=O)[C@H]2[C@@H]3CC[C@@H](C3)[C@@H]2C1=O. The van der Waals surface area contributed by atoms with Crippen LogP contribution in [-0.2, 0) is 23.9 Å². The molecule has 1 aliphatic heterocycles. The molecule has 4 rings (SSSR count). The van der Waals surface area contributed by atoms with Gasteiger partial charge < -0.3 is 10.1 Å². The minimum atomic E-state index is -1.04. The van der Waals surface area contributed by atoms with Crippen molar-refractivity contribution in [3.8, 4) is 0 Å². The molecule has 0 aromatic heterocycles. The number of hydrogen-bond acceptors (Lipinski definition) is 5. The molecular weight excluding hydrogens is 384 g/mol. The molecule has 1 aromatic rings. The Labute approximate surface area is 167 Å². The van der Waals surface area contributed by atoms with Crippen molar-refractivity contribution < 1.29 is 23.9 Å². The van der Waals surface area contributed by atoms with Gasteiger partial charge in [0, 0.05) is 0 Å². The quantitative estimate of drug-likeness (QED) is 0.600. The Morgan fingerprint density at radius 3 is 2.39 bits per heavy atom. The van der Waals surface area contributed by atoms with E-state index < -0.39 is 24.5 Å². The van der Waals surface area contributed by atoms with Gasteiger partial charge in [-0.1, -0.05) is 23.7 Å². The number of ether oxygens (including phenoxy) is 1. The van der Waals surface area contributed by atoms with Gasteiger partial charge in [-0.3, -0.25) is 19.3 Å². The number of carbonyl (C=O) groups excluding carboxylic acids is 4. The molecule has 2 saturated carbocycles. The third-order valence-electron chi connectivity index (χ3n) is 6.18. The first-order valence-corrected chi connectivity index (χ1v) is 9.84. The van der Waals surface area contributed by atoms with Crippen molar-refractivity contribution in [2.24, 2.45) is 23.7 Å². The summed E-state index contributed by atoms with van der Waals surface area (Å²) in [4.78, 5) is 50.9. The Balaban J connectivity index is 1.35. The average molecular weight is 405 g/mol. The summed E-state index contributed by atoms with van der Waals surface area (Å²) < 4.78 is 5.04. The largest absolute Gasteiger partial charge is 0.454 e. The van der Waals surface area contributed by atoms with Gasteiger partial charge in [0.1, 0.15) is 6.04 Å². The molecule has 2 bridgehead atoms. The molecule has 28 heavy (non-hydrogen) atoms. The maximum atomic E-state index is 12.8. The Kier molecular flexibility index (Phi) is 4.87. The Morgan fingerprint density at radius 2 is 1.79 bits per heavy atom. The number of esters is 1. The van der Waals surface area contributed by atoms with Gasteiger partial charge in [0.25, 0.3) is 5.91 Å². The predicted octanol–water partition coefficient (Wildman–Crippen LogP) is 2.24. The van der Waals surface area contributed by atoms with Crippen molar-refractivity contribution in [2.75, 3.05) is 11.9 Å². The maximum absolute atomic E-state index is 12.8. The molecule has 3 aliphatic rings. The first-order valence-electron chi connectivity index (χ1n) is 9.46. The highest BCUT2D eigenvalue weighted by Gasteiger charge is 2.62. The number of fused-ring (bicyclic) bond motifs is 5. The number of amides is 3. The standard InChI is InChI=1S/C20H21ClN2O5/c1-10(20(27)28-9-15(24)22-14-5-3-2-4-13(14)21)23-18(25)16-11-6-7-12(8-11)17(16)19(23)26/h2-5,10-12,16-17H,6-9H2,1H3,(H,22,24)/t10-,11-,12+,16+,17+/m1/s1. The topological polar surface area (TPSA) is 92.8 Å². The van der Waals surface area contributed by atoms with E-state index in [2.05, 4.69) is 5.32 Å². The number of likely N-dealkylation sites (tertiary alicyclic amines) is 1. The van der Waals surface area contributed by atoms with E-state index in [0.717, 1.165) is 24.2 Å². The van der Waals surface area contributed by atoms with E-state index in [1.165, 1.54) is 6.92 Å². The zero-order valence-corrected chi connectivity index (χ0v) is 16.1. The molecule has 0 radical (unpaired) electrons. The van der Waals surface area contributed by atoms with Crippen LogP contribution in [0, 0.1) is 23.7 Å². The van der Waals surface area contributed by atoms with Gasteiger partial charge >= 0.3 is 5.97 Å². The van der Waals surface area contributed by atoms with E-state index in [4.69, 9.17) is 16.3 Å². The van der Waals surface area contributed by atoms with Gasteiger partial charge in [-0.25, -0.2) is 4.79 Å². The van der Waals surface area contributed by atoms with Crippen molar-refractivity contribution in [3.63, 3.8) is 0 Å². The van der Waals surface area contributed by atoms with Crippen LogP contribution in [0.25, 0.3) is 0 Å². The summed E-state index contributed by atoms with van der Waals surface area (Å²) in [6.07, 6.45) is 2.88. The number of nitrogens with zero attached hydrogens (tertiary/aromatic N) is 1. The van der Waals surface area contributed by atoms with E-state index >= 15 is 0 Å². The van der Waals surface area contributed by atoms with E-state index in [1.807, 2.05) is 0 Å². The highest BCUT2D eigenvalue weighted by molar-refractivity contribution is 6.33. The number of hydrogen-bond donors (Lipinski definition) is 1. The highest BCUT2D eigenvalue weighted by Crippen LogP contribution is 2.56. The van der Waals surface area contributed by atoms with Gasteiger partial charge in [0.05, 0.1) is 22.5 Å². The van der Waals surface area contributed by atoms with Gasteiger partial charge in [0.2, 0.25) is 11.8 Å². The fourth-order valence-electron chi connectivity index (χ4n) is 4.93. The van der Waals surface area contributed by atoms with Crippen LogP contribution in [0.3, 0.4) is 0 Å². The van der Waals surface area contributed by atoms with Crippen molar-refractivity contribution in [3.05, 3.63) is 29.3 Å². The Hall–Kier alpha value is -2.41. The number of anilines is 1. The average Bonchev–Trinajstić information content (AvgIpc) is 3.35. The normalized spacial score (nSPS) is 29.0. The van der Waals surface area contributed by atoms with E-state index in [0.29, 0.717) is 10.7 Å². The van der Waals surface area contributed by atoms with E-state index in [1.54, 1.807) is 24.3 Å². The molecule has 3 fully saturated rings. The van der Waals surface area contributed by atoms with Gasteiger partial charge in [0.15, 0.2) is 6.61 Å². The van der Waals surface area contributed by atoms with Crippen LogP contribution < -0.4 is 5.32 Å². The molecule has 0 unspecified atom stereocenters. The van der Waals surface area contributed by atoms with E-state index in [9.17, 15) is 19.2 Å².